The van der Waals surface area contributed by atoms with Crippen LogP contribution in [0.15, 0.2) is 78.0 Å². The number of aliphatic hydroxyl groups excluding tert-OH is 1. The van der Waals surface area contributed by atoms with Crippen LogP contribution < -0.4 is 11.3 Å². The molecule has 39 heavy (non-hydrogen) atoms. The Bertz CT molecular complexity index is 1960. The van der Waals surface area contributed by atoms with Gasteiger partial charge < -0.3 is 15.8 Å². The molecule has 1 aliphatic rings. The smallest absolute Gasteiger partial charge is 0.265 e. The van der Waals surface area contributed by atoms with Gasteiger partial charge in [-0.1, -0.05) is 18.2 Å². The largest absolute Gasteiger partial charge is 0.392 e. The van der Waals surface area contributed by atoms with E-state index in [0.717, 1.165) is 29.7 Å². The molecule has 0 spiro atoms. The van der Waals surface area contributed by atoms with Crippen molar-refractivity contribution >= 4 is 27.8 Å². The number of anilines is 1. The van der Waals surface area contributed by atoms with Crippen molar-refractivity contribution in [2.75, 3.05) is 5.73 Å². The number of nitrogens with one attached hydrogen (secondary N) is 1. The molecule has 0 unspecified atom stereocenters. The number of hydrogen-bond donors (Lipinski definition) is 3. The van der Waals surface area contributed by atoms with Gasteiger partial charge in [0.25, 0.3) is 5.56 Å². The number of fused-ring (bicyclic) bond motifs is 2. The first-order valence-corrected chi connectivity index (χ1v) is 12.7. The molecule has 0 amide bonds. The summed E-state index contributed by atoms with van der Waals surface area (Å²) in [6.07, 6.45) is 7.11. The Labute approximate surface area is 221 Å². The quantitative estimate of drug-likeness (QED) is 0.292. The zero-order chi connectivity index (χ0) is 26.7. The molecule has 7 rings (SSSR count). The summed E-state index contributed by atoms with van der Waals surface area (Å²) in [7, 11) is 0. The molecular weight excluding hydrogens is 495 g/mol. The number of H-pyrrole nitrogens is 1. The maximum absolute atomic E-state index is 15.2. The number of nitrogens with zero attached hydrogens (tertiary/aromatic N) is 4. The van der Waals surface area contributed by atoms with Gasteiger partial charge in [-0.3, -0.25) is 14.3 Å². The van der Waals surface area contributed by atoms with Gasteiger partial charge in [0.1, 0.15) is 11.5 Å². The molecule has 2 aromatic carbocycles. The lowest BCUT2D eigenvalue weighted by Crippen LogP contribution is -2.20. The standard InChI is InChI=1S/C30H23FN6O2/c31-23-13-19(16-4-5-16)12-18-8-11-37(29(39)26(18)23)25-3-1-2-20(22(25)15-38)27-21-14-24(17-6-9-33-10-7-17)34-28(21)36-30(32)35-27/h1-3,6-14,16,38H,4-5,15H2,(H3,32,34,35,36). The Morgan fingerprint density at radius 3 is 2.67 bits per heavy atom. The first kappa shape index (κ1) is 23.2. The van der Waals surface area contributed by atoms with Gasteiger partial charge >= 0.3 is 0 Å². The van der Waals surface area contributed by atoms with Crippen molar-refractivity contribution in [1.29, 1.82) is 0 Å². The topological polar surface area (TPSA) is 123 Å². The number of nitrogen functional groups attached to an aromatic ring is 1. The van der Waals surface area contributed by atoms with Crippen molar-refractivity contribution in [3.05, 3.63) is 100 Å². The first-order chi connectivity index (χ1) is 19.0. The monoisotopic (exact) mass is 518 g/mol. The first-order valence-electron chi connectivity index (χ1n) is 12.7. The van der Waals surface area contributed by atoms with E-state index in [0.29, 0.717) is 44.8 Å². The summed E-state index contributed by atoms with van der Waals surface area (Å²) in [6, 6.07) is 16.1. The van der Waals surface area contributed by atoms with E-state index in [2.05, 4.69) is 19.9 Å². The van der Waals surface area contributed by atoms with Crippen LogP contribution in [-0.4, -0.2) is 29.6 Å². The van der Waals surface area contributed by atoms with Crippen LogP contribution >= 0.6 is 0 Å². The predicted molar refractivity (Wildman–Crippen MR) is 148 cm³/mol. The van der Waals surface area contributed by atoms with E-state index in [1.54, 1.807) is 36.8 Å². The molecule has 0 radical (unpaired) electrons. The summed E-state index contributed by atoms with van der Waals surface area (Å²) in [5.74, 6) is -0.100. The summed E-state index contributed by atoms with van der Waals surface area (Å²) in [5, 5.41) is 11.8. The van der Waals surface area contributed by atoms with E-state index in [-0.39, 0.29) is 17.9 Å². The van der Waals surface area contributed by atoms with E-state index in [9.17, 15) is 9.90 Å². The third-order valence-corrected chi connectivity index (χ3v) is 7.35. The van der Waals surface area contributed by atoms with Gasteiger partial charge in [-0.25, -0.2) is 9.37 Å². The van der Waals surface area contributed by atoms with Crippen LogP contribution in [0.2, 0.25) is 0 Å². The van der Waals surface area contributed by atoms with E-state index in [1.165, 1.54) is 10.6 Å². The molecule has 1 aliphatic carbocycles. The summed E-state index contributed by atoms with van der Waals surface area (Å²) < 4.78 is 16.6. The minimum Gasteiger partial charge on any atom is -0.392 e. The van der Waals surface area contributed by atoms with Crippen LogP contribution in [0, 0.1) is 5.82 Å². The number of aromatic amines is 1. The molecule has 0 saturated heterocycles. The molecular formula is C30H23FN6O2. The highest BCUT2D eigenvalue weighted by molar-refractivity contribution is 5.96. The maximum atomic E-state index is 15.2. The molecule has 4 N–H and O–H groups in total. The van der Waals surface area contributed by atoms with Crippen LogP contribution in [0.25, 0.3) is 50.0 Å². The molecule has 0 aliphatic heterocycles. The number of benzene rings is 2. The van der Waals surface area contributed by atoms with Crippen molar-refractivity contribution in [3.63, 3.8) is 0 Å². The van der Waals surface area contributed by atoms with Gasteiger partial charge in [0, 0.05) is 46.4 Å². The number of aliphatic hydroxyl groups is 1. The highest BCUT2D eigenvalue weighted by Gasteiger charge is 2.25. The molecule has 0 atom stereocenters. The average Bonchev–Trinajstić information content (AvgIpc) is 3.71. The number of pyridine rings is 2. The highest BCUT2D eigenvalue weighted by Crippen LogP contribution is 2.41. The number of rotatable bonds is 5. The highest BCUT2D eigenvalue weighted by atomic mass is 19.1. The van der Waals surface area contributed by atoms with Gasteiger partial charge in [-0.2, -0.15) is 4.98 Å². The zero-order valence-corrected chi connectivity index (χ0v) is 20.7. The van der Waals surface area contributed by atoms with Crippen LogP contribution in [0.1, 0.15) is 29.9 Å². The fourth-order valence-corrected chi connectivity index (χ4v) is 5.30. The molecule has 8 nitrogen and oxygen atoms in total. The summed E-state index contributed by atoms with van der Waals surface area (Å²) in [6.45, 7) is -0.383. The fourth-order valence-electron chi connectivity index (χ4n) is 5.30. The third-order valence-electron chi connectivity index (χ3n) is 7.35. The summed E-state index contributed by atoms with van der Waals surface area (Å²) in [4.78, 5) is 29.8. The average molecular weight is 519 g/mol. The van der Waals surface area contributed by atoms with Crippen molar-refractivity contribution in [1.82, 2.24) is 24.5 Å². The molecule has 1 fully saturated rings. The summed E-state index contributed by atoms with van der Waals surface area (Å²) >= 11 is 0. The minimum absolute atomic E-state index is 0.0255. The number of hydrogen-bond acceptors (Lipinski definition) is 6. The van der Waals surface area contributed by atoms with Crippen molar-refractivity contribution in [3.8, 4) is 28.2 Å². The normalized spacial score (nSPS) is 13.4. The Balaban J connectivity index is 1.42. The van der Waals surface area contributed by atoms with E-state index in [4.69, 9.17) is 5.73 Å². The van der Waals surface area contributed by atoms with Crippen LogP contribution in [0.4, 0.5) is 10.3 Å². The lowest BCUT2D eigenvalue weighted by molar-refractivity contribution is 0.282. The minimum atomic E-state index is -0.531. The third kappa shape index (κ3) is 3.86. The zero-order valence-electron chi connectivity index (χ0n) is 20.7. The second-order valence-electron chi connectivity index (χ2n) is 9.81. The SMILES string of the molecule is Nc1nc(-c2cccc(-n3ccc4cc(C5CC5)cc(F)c4c3=O)c2CO)c2cc(-c3ccncc3)[nH]c2n1. The Hall–Kier alpha value is -4.89. The predicted octanol–water partition coefficient (Wildman–Crippen LogP) is 5.08. The fraction of sp³-hybridized carbons (Fsp3) is 0.133. The van der Waals surface area contributed by atoms with Gasteiger partial charge in [-0.15, -0.1) is 0 Å². The van der Waals surface area contributed by atoms with E-state index >= 15 is 4.39 Å². The van der Waals surface area contributed by atoms with Crippen molar-refractivity contribution < 1.29 is 9.50 Å². The van der Waals surface area contributed by atoms with Gasteiger partial charge in [0.2, 0.25) is 5.95 Å². The number of halogens is 1. The molecule has 6 aromatic rings. The summed E-state index contributed by atoms with van der Waals surface area (Å²) in [5.41, 5.74) is 10.8. The lowest BCUT2D eigenvalue weighted by Gasteiger charge is -2.16. The van der Waals surface area contributed by atoms with Gasteiger partial charge in [-0.05, 0) is 66.1 Å². The molecule has 4 aromatic heterocycles. The number of nitrogens with two attached hydrogens (primary N) is 1. The molecule has 9 heteroatoms. The lowest BCUT2D eigenvalue weighted by atomic mass is 10.00. The second kappa shape index (κ2) is 8.85. The Morgan fingerprint density at radius 2 is 1.90 bits per heavy atom. The molecule has 0 bridgehead atoms. The van der Waals surface area contributed by atoms with E-state index < -0.39 is 11.4 Å². The van der Waals surface area contributed by atoms with Gasteiger partial charge in [0.05, 0.1) is 23.4 Å². The number of aromatic nitrogens is 5. The molecule has 192 valence electrons. The molecule has 1 saturated carbocycles. The van der Waals surface area contributed by atoms with E-state index in [1.807, 2.05) is 30.3 Å². The Morgan fingerprint density at radius 1 is 1.08 bits per heavy atom. The van der Waals surface area contributed by atoms with Crippen molar-refractivity contribution in [2.45, 2.75) is 25.4 Å². The van der Waals surface area contributed by atoms with Crippen LogP contribution in [0.5, 0.6) is 0 Å². The van der Waals surface area contributed by atoms with Gasteiger partial charge in [0.15, 0.2) is 0 Å². The maximum Gasteiger partial charge on any atom is 0.265 e. The second-order valence-corrected chi connectivity index (χ2v) is 9.81. The van der Waals surface area contributed by atoms with Crippen LogP contribution in [0.3, 0.4) is 0 Å². The molecule has 4 heterocycles. The Kier molecular flexibility index (Phi) is 5.27. The van der Waals surface area contributed by atoms with Crippen molar-refractivity contribution in [2.24, 2.45) is 0 Å². The van der Waals surface area contributed by atoms with Crippen LogP contribution in [-0.2, 0) is 6.61 Å².